The molecule has 0 aliphatic rings. The van der Waals surface area contributed by atoms with E-state index in [1.165, 1.54) is 0 Å². The summed E-state index contributed by atoms with van der Waals surface area (Å²) in [5, 5.41) is 7.63. The molecule has 0 radical (unpaired) electrons. The van der Waals surface area contributed by atoms with Gasteiger partial charge in [-0.25, -0.2) is 4.63 Å². The zero-order valence-corrected chi connectivity index (χ0v) is 7.58. The Bertz CT molecular complexity index is 232. The van der Waals surface area contributed by atoms with Gasteiger partial charge >= 0.3 is 0 Å². The van der Waals surface area contributed by atoms with Crippen LogP contribution >= 0.6 is 0 Å². The number of nitrogens with two attached hydrogens (primary N) is 1. The maximum atomic E-state index is 5.41. The first-order valence-electron chi connectivity index (χ1n) is 4.24. The largest absolute Gasteiger partial charge is 0.330 e. The number of aromatic nitrogens is 2. The van der Waals surface area contributed by atoms with Gasteiger partial charge in [0.05, 0.1) is 0 Å². The molecule has 4 nitrogen and oxygen atoms in total. The van der Waals surface area contributed by atoms with E-state index in [-0.39, 0.29) is 0 Å². The van der Waals surface area contributed by atoms with Crippen LogP contribution in [0.3, 0.4) is 0 Å². The second-order valence-corrected chi connectivity index (χ2v) is 3.29. The summed E-state index contributed by atoms with van der Waals surface area (Å²) in [6, 6.07) is 0. The molecule has 0 saturated carbocycles. The highest BCUT2D eigenvalue weighted by Crippen LogP contribution is 2.09. The van der Waals surface area contributed by atoms with Gasteiger partial charge in [0.15, 0.2) is 0 Å². The first kappa shape index (κ1) is 9.19. The standard InChI is InChI=1S/C8H15N3O/c1-6(2)5-8-7(3-4-9)10-12-11-8/h6H,3-5,9H2,1-2H3. The monoisotopic (exact) mass is 169 g/mol. The van der Waals surface area contributed by atoms with Crippen LogP contribution in [0.1, 0.15) is 25.2 Å². The van der Waals surface area contributed by atoms with Gasteiger partial charge in [-0.3, -0.25) is 0 Å². The summed E-state index contributed by atoms with van der Waals surface area (Å²) < 4.78 is 4.64. The first-order chi connectivity index (χ1) is 5.74. The van der Waals surface area contributed by atoms with Gasteiger partial charge in [-0.15, -0.1) is 0 Å². The second-order valence-electron chi connectivity index (χ2n) is 3.29. The third-order valence-electron chi connectivity index (χ3n) is 1.62. The molecule has 1 rings (SSSR count). The van der Waals surface area contributed by atoms with Crippen molar-refractivity contribution in [2.75, 3.05) is 6.54 Å². The zero-order valence-electron chi connectivity index (χ0n) is 7.58. The Morgan fingerprint density at radius 1 is 1.33 bits per heavy atom. The number of hydrogen-bond acceptors (Lipinski definition) is 4. The minimum atomic E-state index is 0.577. The van der Waals surface area contributed by atoms with Crippen molar-refractivity contribution in [2.24, 2.45) is 11.7 Å². The van der Waals surface area contributed by atoms with Crippen LogP contribution in [0, 0.1) is 5.92 Å². The van der Waals surface area contributed by atoms with Gasteiger partial charge in [-0.2, -0.15) is 0 Å². The molecule has 1 aromatic rings. The minimum Gasteiger partial charge on any atom is -0.330 e. The van der Waals surface area contributed by atoms with Gasteiger partial charge in [-0.05, 0) is 18.9 Å². The van der Waals surface area contributed by atoms with Gasteiger partial charge in [0.1, 0.15) is 11.4 Å². The minimum absolute atomic E-state index is 0.577. The summed E-state index contributed by atoms with van der Waals surface area (Å²) in [5.41, 5.74) is 7.27. The van der Waals surface area contributed by atoms with Crippen LogP contribution in [0.5, 0.6) is 0 Å². The van der Waals surface area contributed by atoms with E-state index in [0.29, 0.717) is 12.5 Å². The Morgan fingerprint density at radius 2 is 2.00 bits per heavy atom. The third-order valence-corrected chi connectivity index (χ3v) is 1.62. The Morgan fingerprint density at radius 3 is 2.58 bits per heavy atom. The van der Waals surface area contributed by atoms with E-state index in [1.807, 2.05) is 0 Å². The summed E-state index contributed by atoms with van der Waals surface area (Å²) in [6.45, 7) is 4.88. The topological polar surface area (TPSA) is 64.9 Å². The van der Waals surface area contributed by atoms with E-state index >= 15 is 0 Å². The molecule has 1 aromatic heterocycles. The van der Waals surface area contributed by atoms with Crippen molar-refractivity contribution < 1.29 is 4.63 Å². The van der Waals surface area contributed by atoms with Gasteiger partial charge < -0.3 is 5.73 Å². The second kappa shape index (κ2) is 4.21. The Kier molecular flexibility index (Phi) is 3.22. The molecule has 12 heavy (non-hydrogen) atoms. The number of nitrogens with zero attached hydrogens (tertiary/aromatic N) is 2. The highest BCUT2D eigenvalue weighted by Gasteiger charge is 2.09. The van der Waals surface area contributed by atoms with Crippen molar-refractivity contribution in [3.05, 3.63) is 11.4 Å². The summed E-state index contributed by atoms with van der Waals surface area (Å²) in [5.74, 6) is 0.577. The van der Waals surface area contributed by atoms with E-state index in [2.05, 4.69) is 28.8 Å². The fraction of sp³-hybridized carbons (Fsp3) is 0.750. The highest BCUT2D eigenvalue weighted by molar-refractivity contribution is 5.08. The van der Waals surface area contributed by atoms with Crippen LogP contribution in [0.2, 0.25) is 0 Å². The lowest BCUT2D eigenvalue weighted by Crippen LogP contribution is -2.06. The summed E-state index contributed by atoms with van der Waals surface area (Å²) >= 11 is 0. The molecule has 0 bridgehead atoms. The van der Waals surface area contributed by atoms with Gasteiger partial charge in [-0.1, -0.05) is 24.2 Å². The zero-order chi connectivity index (χ0) is 8.97. The van der Waals surface area contributed by atoms with Crippen LogP contribution in [0.25, 0.3) is 0 Å². The molecular formula is C8H15N3O. The van der Waals surface area contributed by atoms with Crippen LogP contribution in [-0.2, 0) is 12.8 Å². The average molecular weight is 169 g/mol. The van der Waals surface area contributed by atoms with Gasteiger partial charge in [0.2, 0.25) is 0 Å². The van der Waals surface area contributed by atoms with Crippen LogP contribution in [0.4, 0.5) is 0 Å². The van der Waals surface area contributed by atoms with Crippen molar-refractivity contribution in [1.82, 2.24) is 10.3 Å². The molecule has 4 heteroatoms. The summed E-state index contributed by atoms with van der Waals surface area (Å²) in [4.78, 5) is 0. The molecule has 0 unspecified atom stereocenters. The molecule has 68 valence electrons. The normalized spacial score (nSPS) is 11.0. The third kappa shape index (κ3) is 2.30. The molecule has 0 atom stereocenters. The smallest absolute Gasteiger partial charge is 0.109 e. The van der Waals surface area contributed by atoms with Crippen LogP contribution in [0.15, 0.2) is 4.63 Å². The Balaban J connectivity index is 2.63. The molecule has 2 N–H and O–H groups in total. The summed E-state index contributed by atoms with van der Waals surface area (Å²) in [7, 11) is 0. The van der Waals surface area contributed by atoms with E-state index in [1.54, 1.807) is 0 Å². The predicted molar refractivity (Wildman–Crippen MR) is 45.6 cm³/mol. The lowest BCUT2D eigenvalue weighted by molar-refractivity contribution is 0.299. The van der Waals surface area contributed by atoms with E-state index in [4.69, 9.17) is 5.73 Å². The quantitative estimate of drug-likeness (QED) is 0.723. The number of rotatable bonds is 4. The van der Waals surface area contributed by atoms with E-state index < -0.39 is 0 Å². The van der Waals surface area contributed by atoms with Crippen LogP contribution < -0.4 is 5.73 Å². The maximum Gasteiger partial charge on any atom is 0.109 e. The Labute approximate surface area is 72.1 Å². The molecule has 0 saturated heterocycles. The van der Waals surface area contributed by atoms with Crippen molar-refractivity contribution in [3.63, 3.8) is 0 Å². The molecule has 0 fully saturated rings. The molecular weight excluding hydrogens is 154 g/mol. The highest BCUT2D eigenvalue weighted by atomic mass is 16.6. The van der Waals surface area contributed by atoms with E-state index in [0.717, 1.165) is 24.2 Å². The first-order valence-corrected chi connectivity index (χ1v) is 4.24. The van der Waals surface area contributed by atoms with Crippen molar-refractivity contribution in [1.29, 1.82) is 0 Å². The average Bonchev–Trinajstić information content (AvgIpc) is 2.37. The molecule has 1 heterocycles. The van der Waals surface area contributed by atoms with Crippen molar-refractivity contribution in [3.8, 4) is 0 Å². The van der Waals surface area contributed by atoms with Crippen molar-refractivity contribution >= 4 is 0 Å². The molecule has 0 spiro atoms. The molecule has 0 aliphatic carbocycles. The van der Waals surface area contributed by atoms with Crippen LogP contribution in [-0.4, -0.2) is 16.9 Å². The van der Waals surface area contributed by atoms with Crippen molar-refractivity contribution in [2.45, 2.75) is 26.7 Å². The molecule has 0 amide bonds. The lowest BCUT2D eigenvalue weighted by Gasteiger charge is -2.00. The van der Waals surface area contributed by atoms with Gasteiger partial charge in [0.25, 0.3) is 0 Å². The molecule has 0 aliphatic heterocycles. The lowest BCUT2D eigenvalue weighted by atomic mass is 10.1. The predicted octanol–water partition coefficient (Wildman–Crippen LogP) is 0.769. The number of hydrogen-bond donors (Lipinski definition) is 1. The Hall–Kier alpha value is -0.900. The fourth-order valence-electron chi connectivity index (χ4n) is 1.09. The summed E-state index contributed by atoms with van der Waals surface area (Å²) in [6.07, 6.45) is 1.67. The molecule has 0 aromatic carbocycles. The van der Waals surface area contributed by atoms with Gasteiger partial charge in [0, 0.05) is 6.42 Å². The SMILES string of the molecule is CC(C)Cc1nonc1CCN. The van der Waals surface area contributed by atoms with E-state index in [9.17, 15) is 0 Å². The fourth-order valence-corrected chi connectivity index (χ4v) is 1.09. The maximum absolute atomic E-state index is 5.41.